The molecule has 0 saturated carbocycles. The number of hydrogen-bond donors (Lipinski definition) is 3. The van der Waals surface area contributed by atoms with Crippen molar-refractivity contribution in [3.63, 3.8) is 0 Å². The van der Waals surface area contributed by atoms with Gasteiger partial charge in [-0.1, -0.05) is 6.92 Å². The maximum atomic E-state index is 13.4. The summed E-state index contributed by atoms with van der Waals surface area (Å²) >= 11 is 0. The molecule has 0 bridgehead atoms. The van der Waals surface area contributed by atoms with Gasteiger partial charge in [0.1, 0.15) is 0 Å². The molecule has 3 N–H and O–H groups in total. The molecule has 0 spiro atoms. The number of ether oxygens (including phenoxy) is 1. The van der Waals surface area contributed by atoms with Crippen LogP contribution in [0, 0.1) is 17.6 Å². The van der Waals surface area contributed by atoms with Gasteiger partial charge in [-0.2, -0.15) is 0 Å². The lowest BCUT2D eigenvalue weighted by atomic mass is 9.97. The second kappa shape index (κ2) is 10.8. The van der Waals surface area contributed by atoms with Gasteiger partial charge in [-0.3, -0.25) is 4.79 Å². The summed E-state index contributed by atoms with van der Waals surface area (Å²) in [5, 5.41) is 8.10. The third kappa shape index (κ3) is 6.02. The van der Waals surface area contributed by atoms with Gasteiger partial charge in [0, 0.05) is 49.4 Å². The zero-order valence-corrected chi connectivity index (χ0v) is 19.2. The average molecular weight is 473 g/mol. The van der Waals surface area contributed by atoms with Crippen LogP contribution < -0.4 is 20.9 Å². The van der Waals surface area contributed by atoms with Gasteiger partial charge < -0.3 is 25.6 Å². The van der Waals surface area contributed by atoms with Crippen LogP contribution in [0.3, 0.4) is 0 Å². The van der Waals surface area contributed by atoms with E-state index in [4.69, 9.17) is 4.74 Å². The van der Waals surface area contributed by atoms with Gasteiger partial charge in [0.2, 0.25) is 0 Å². The lowest BCUT2D eigenvalue weighted by Crippen LogP contribution is -2.36. The molecule has 3 amide bonds. The quantitative estimate of drug-likeness (QED) is 0.567. The van der Waals surface area contributed by atoms with E-state index in [9.17, 15) is 18.4 Å². The molecule has 2 saturated heterocycles. The Morgan fingerprint density at radius 1 is 1.00 bits per heavy atom. The Morgan fingerprint density at radius 2 is 1.71 bits per heavy atom. The highest BCUT2D eigenvalue weighted by molar-refractivity contribution is 6.04. The molecule has 7 nitrogen and oxygen atoms in total. The van der Waals surface area contributed by atoms with E-state index in [1.54, 1.807) is 12.1 Å². The lowest BCUT2D eigenvalue weighted by Gasteiger charge is -2.33. The van der Waals surface area contributed by atoms with Crippen molar-refractivity contribution in [3.05, 3.63) is 53.6 Å². The standard InChI is InChI=1S/C25H30F2N4O3/c1-16-8-10-31(11-9-16)23-7-5-17(13-20(23)24(32)28-15-19-3-2-12-34-19)29-25(33)30-18-4-6-21(26)22(27)14-18/h4-7,13-14,16,19H,2-3,8-12,15H2,1H3,(H,28,32)(H2,29,30,33)/t19-/m0/s1. The first kappa shape index (κ1) is 23.9. The predicted molar refractivity (Wildman–Crippen MR) is 127 cm³/mol. The summed E-state index contributed by atoms with van der Waals surface area (Å²) in [5.74, 6) is -1.63. The number of anilines is 3. The first-order valence-corrected chi connectivity index (χ1v) is 11.7. The fourth-order valence-electron chi connectivity index (χ4n) is 4.30. The Balaban J connectivity index is 1.49. The van der Waals surface area contributed by atoms with Crippen molar-refractivity contribution in [1.29, 1.82) is 0 Å². The number of urea groups is 1. The van der Waals surface area contributed by atoms with Gasteiger partial charge in [0.25, 0.3) is 5.91 Å². The van der Waals surface area contributed by atoms with Crippen LogP contribution in [0.15, 0.2) is 36.4 Å². The van der Waals surface area contributed by atoms with E-state index in [0.717, 1.165) is 56.6 Å². The Morgan fingerprint density at radius 3 is 2.38 bits per heavy atom. The van der Waals surface area contributed by atoms with Crippen molar-refractivity contribution in [2.75, 3.05) is 41.8 Å². The maximum absolute atomic E-state index is 13.4. The van der Waals surface area contributed by atoms with Crippen LogP contribution in [-0.2, 0) is 4.74 Å². The number of halogens is 2. The molecule has 2 aliphatic rings. The first-order chi connectivity index (χ1) is 16.4. The fourth-order valence-corrected chi connectivity index (χ4v) is 4.30. The van der Waals surface area contributed by atoms with Crippen molar-refractivity contribution >= 4 is 29.0 Å². The molecule has 0 unspecified atom stereocenters. The van der Waals surface area contributed by atoms with Gasteiger partial charge in [0.05, 0.1) is 11.7 Å². The van der Waals surface area contributed by atoms with E-state index < -0.39 is 17.7 Å². The topological polar surface area (TPSA) is 82.7 Å². The van der Waals surface area contributed by atoms with Crippen molar-refractivity contribution < 1.29 is 23.1 Å². The predicted octanol–water partition coefficient (Wildman–Crippen LogP) is 4.75. The number of carbonyl (C=O) groups is 2. The van der Waals surface area contributed by atoms with Crippen molar-refractivity contribution in [2.24, 2.45) is 5.92 Å². The summed E-state index contributed by atoms with van der Waals surface area (Å²) in [5.41, 5.74) is 1.82. The average Bonchev–Trinajstić information content (AvgIpc) is 3.34. The summed E-state index contributed by atoms with van der Waals surface area (Å²) in [4.78, 5) is 27.7. The van der Waals surface area contributed by atoms with Crippen LogP contribution in [0.2, 0.25) is 0 Å². The maximum Gasteiger partial charge on any atom is 0.323 e. The van der Waals surface area contributed by atoms with E-state index in [0.29, 0.717) is 30.3 Å². The van der Waals surface area contributed by atoms with Crippen molar-refractivity contribution in [2.45, 2.75) is 38.7 Å². The van der Waals surface area contributed by atoms with Crippen molar-refractivity contribution in [1.82, 2.24) is 5.32 Å². The zero-order valence-electron chi connectivity index (χ0n) is 19.2. The molecule has 0 aliphatic carbocycles. The molecule has 182 valence electrons. The minimum atomic E-state index is -1.05. The van der Waals surface area contributed by atoms with Gasteiger partial charge in [0.15, 0.2) is 11.6 Å². The van der Waals surface area contributed by atoms with E-state index in [1.165, 1.54) is 6.07 Å². The molecule has 0 radical (unpaired) electrons. The SMILES string of the molecule is CC1CCN(c2ccc(NC(=O)Nc3ccc(F)c(F)c3)cc2C(=O)NC[C@@H]2CCCO2)CC1. The van der Waals surface area contributed by atoms with Crippen LogP contribution in [0.4, 0.5) is 30.6 Å². The third-order valence-electron chi connectivity index (χ3n) is 6.32. The fraction of sp³-hybridized carbons (Fsp3) is 0.440. The van der Waals surface area contributed by atoms with Crippen LogP contribution in [0.1, 0.15) is 43.0 Å². The molecule has 4 rings (SSSR count). The summed E-state index contributed by atoms with van der Waals surface area (Å²) in [6.45, 7) is 5.09. The van der Waals surface area contributed by atoms with E-state index in [-0.39, 0.29) is 17.7 Å². The normalized spacial score (nSPS) is 18.6. The number of carbonyl (C=O) groups excluding carboxylic acids is 2. The number of nitrogens with one attached hydrogen (secondary N) is 3. The summed E-state index contributed by atoms with van der Waals surface area (Å²) in [6, 6.07) is 7.69. The second-order valence-electron chi connectivity index (χ2n) is 8.95. The van der Waals surface area contributed by atoms with Crippen LogP contribution in [-0.4, -0.2) is 44.3 Å². The molecule has 2 aromatic carbocycles. The van der Waals surface area contributed by atoms with Gasteiger partial charge in [-0.25, -0.2) is 13.6 Å². The summed E-state index contributed by atoms with van der Waals surface area (Å²) in [7, 11) is 0. The molecular formula is C25H30F2N4O3. The molecular weight excluding hydrogens is 442 g/mol. The molecule has 2 aromatic rings. The van der Waals surface area contributed by atoms with Crippen LogP contribution >= 0.6 is 0 Å². The number of rotatable bonds is 6. The molecule has 2 heterocycles. The van der Waals surface area contributed by atoms with Crippen LogP contribution in [0.25, 0.3) is 0 Å². The monoisotopic (exact) mass is 472 g/mol. The van der Waals surface area contributed by atoms with E-state index in [2.05, 4.69) is 27.8 Å². The van der Waals surface area contributed by atoms with Crippen LogP contribution in [0.5, 0.6) is 0 Å². The lowest BCUT2D eigenvalue weighted by molar-refractivity contribution is 0.0858. The zero-order chi connectivity index (χ0) is 24.1. The number of benzene rings is 2. The highest BCUT2D eigenvalue weighted by Gasteiger charge is 2.23. The smallest absolute Gasteiger partial charge is 0.323 e. The number of amides is 3. The Labute approximate surface area is 197 Å². The Hall–Kier alpha value is -3.20. The molecule has 9 heteroatoms. The summed E-state index contributed by atoms with van der Waals surface area (Å²) < 4.78 is 32.2. The van der Waals surface area contributed by atoms with Gasteiger partial charge in [-0.15, -0.1) is 0 Å². The molecule has 0 aromatic heterocycles. The minimum Gasteiger partial charge on any atom is -0.376 e. The number of hydrogen-bond acceptors (Lipinski definition) is 4. The largest absolute Gasteiger partial charge is 0.376 e. The Kier molecular flexibility index (Phi) is 7.62. The van der Waals surface area contributed by atoms with Gasteiger partial charge in [-0.05, 0) is 61.9 Å². The Bertz CT molecular complexity index is 1030. The summed E-state index contributed by atoms with van der Waals surface area (Å²) in [6.07, 6.45) is 4.03. The van der Waals surface area contributed by atoms with E-state index >= 15 is 0 Å². The highest BCUT2D eigenvalue weighted by Crippen LogP contribution is 2.29. The molecule has 2 fully saturated rings. The second-order valence-corrected chi connectivity index (χ2v) is 8.95. The molecule has 1 atom stereocenters. The highest BCUT2D eigenvalue weighted by atomic mass is 19.2. The first-order valence-electron chi connectivity index (χ1n) is 11.7. The van der Waals surface area contributed by atoms with E-state index in [1.807, 2.05) is 6.07 Å². The van der Waals surface area contributed by atoms with Crippen molar-refractivity contribution in [3.8, 4) is 0 Å². The minimum absolute atomic E-state index is 0.0198. The van der Waals surface area contributed by atoms with Gasteiger partial charge >= 0.3 is 6.03 Å². The number of piperidine rings is 1. The third-order valence-corrected chi connectivity index (χ3v) is 6.32. The molecule has 34 heavy (non-hydrogen) atoms. The molecule has 2 aliphatic heterocycles. The number of nitrogens with zero attached hydrogens (tertiary/aromatic N) is 1.